The Balaban J connectivity index is 1.29. The molecule has 4 rings (SSSR count). The van der Waals surface area contributed by atoms with E-state index in [0.717, 1.165) is 24.1 Å². The van der Waals surface area contributed by atoms with Crippen molar-refractivity contribution in [2.45, 2.75) is 39.5 Å². The van der Waals surface area contributed by atoms with Gasteiger partial charge >= 0.3 is 0 Å². The zero-order chi connectivity index (χ0) is 20.4. The number of carbonyl (C=O) groups excluding carboxylic acids is 2. The van der Waals surface area contributed by atoms with Crippen molar-refractivity contribution < 1.29 is 19.1 Å². The van der Waals surface area contributed by atoms with Crippen LogP contribution in [0.1, 0.15) is 36.8 Å². The van der Waals surface area contributed by atoms with Crippen molar-refractivity contribution in [3.05, 3.63) is 47.5 Å². The summed E-state index contributed by atoms with van der Waals surface area (Å²) in [5.41, 5.74) is 3.81. The number of carbonyl (C=O) groups is 2. The van der Waals surface area contributed by atoms with Gasteiger partial charge in [0.2, 0.25) is 18.6 Å². The number of nitrogens with one attached hydrogen (secondary N) is 2. The Labute approximate surface area is 170 Å². The van der Waals surface area contributed by atoms with E-state index in [1.54, 1.807) is 12.1 Å². The second kappa shape index (κ2) is 8.15. The van der Waals surface area contributed by atoms with Crippen LogP contribution < -0.4 is 20.1 Å². The molecule has 0 saturated heterocycles. The van der Waals surface area contributed by atoms with Crippen LogP contribution in [-0.2, 0) is 9.59 Å². The molecule has 2 N–H and O–H groups in total. The average Bonchev–Trinajstić information content (AvgIpc) is 3.18. The molecule has 29 heavy (non-hydrogen) atoms. The van der Waals surface area contributed by atoms with Crippen LogP contribution >= 0.6 is 0 Å². The van der Waals surface area contributed by atoms with Crippen LogP contribution in [0.15, 0.2) is 36.4 Å². The molecule has 1 saturated carbocycles. The molecule has 0 aromatic heterocycles. The first-order chi connectivity index (χ1) is 14.0. The van der Waals surface area contributed by atoms with E-state index in [0.29, 0.717) is 30.0 Å². The van der Waals surface area contributed by atoms with Gasteiger partial charge in [0, 0.05) is 29.3 Å². The molecule has 1 fully saturated rings. The molecule has 0 radical (unpaired) electrons. The topological polar surface area (TPSA) is 76.7 Å². The quantitative estimate of drug-likeness (QED) is 0.805. The lowest BCUT2D eigenvalue weighted by atomic mass is 9.81. The van der Waals surface area contributed by atoms with Gasteiger partial charge in [-0.3, -0.25) is 9.59 Å². The molecule has 2 aliphatic rings. The normalized spacial score (nSPS) is 20.2. The third-order valence-electron chi connectivity index (χ3n) is 5.75. The van der Waals surface area contributed by atoms with Gasteiger partial charge in [0.05, 0.1) is 0 Å². The Hall–Kier alpha value is -3.02. The molecule has 6 heteroatoms. The van der Waals surface area contributed by atoms with Crippen LogP contribution in [0.3, 0.4) is 0 Å². The molecule has 1 heterocycles. The monoisotopic (exact) mass is 394 g/mol. The highest BCUT2D eigenvalue weighted by Crippen LogP contribution is 2.35. The largest absolute Gasteiger partial charge is 0.454 e. The van der Waals surface area contributed by atoms with E-state index in [1.807, 2.05) is 32.0 Å². The maximum absolute atomic E-state index is 12.6. The Bertz CT molecular complexity index is 932. The van der Waals surface area contributed by atoms with Crippen LogP contribution in [0.2, 0.25) is 0 Å². The molecule has 0 atom stereocenters. The summed E-state index contributed by atoms with van der Waals surface area (Å²) in [5.74, 6) is 1.26. The fraction of sp³-hybridized carbons (Fsp3) is 0.391. The summed E-state index contributed by atoms with van der Waals surface area (Å²) in [4.78, 5) is 25.3. The molecule has 0 unspecified atom stereocenters. The average molecular weight is 394 g/mol. The first-order valence-corrected chi connectivity index (χ1v) is 10.1. The van der Waals surface area contributed by atoms with Crippen LogP contribution in [0, 0.1) is 25.7 Å². The lowest BCUT2D eigenvalue weighted by Crippen LogP contribution is -2.32. The maximum atomic E-state index is 12.6. The lowest BCUT2D eigenvalue weighted by molar-refractivity contribution is -0.125. The molecule has 0 spiro atoms. The zero-order valence-corrected chi connectivity index (χ0v) is 16.8. The van der Waals surface area contributed by atoms with Gasteiger partial charge in [-0.25, -0.2) is 0 Å². The SMILES string of the molecule is Cc1ccc(NC(=O)C2CCC(C(=O)Nc3ccc4c(c3)OCO4)CC2)c(C)c1. The van der Waals surface area contributed by atoms with Gasteiger partial charge in [0.15, 0.2) is 11.5 Å². The Morgan fingerprint density at radius 3 is 2.17 bits per heavy atom. The molecule has 2 amide bonds. The van der Waals surface area contributed by atoms with Gasteiger partial charge in [-0.15, -0.1) is 0 Å². The predicted octanol–water partition coefficient (Wildman–Crippen LogP) is 4.42. The summed E-state index contributed by atoms with van der Waals surface area (Å²) in [6.45, 7) is 4.25. The van der Waals surface area contributed by atoms with Crippen LogP contribution in [0.25, 0.3) is 0 Å². The molecular weight excluding hydrogens is 368 g/mol. The summed E-state index contributed by atoms with van der Waals surface area (Å²) in [6, 6.07) is 11.4. The van der Waals surface area contributed by atoms with E-state index < -0.39 is 0 Å². The third-order valence-corrected chi connectivity index (χ3v) is 5.75. The number of ether oxygens (including phenoxy) is 2. The van der Waals surface area contributed by atoms with E-state index in [4.69, 9.17) is 9.47 Å². The smallest absolute Gasteiger partial charge is 0.231 e. The van der Waals surface area contributed by atoms with E-state index >= 15 is 0 Å². The van der Waals surface area contributed by atoms with Crippen molar-refractivity contribution in [3.63, 3.8) is 0 Å². The number of aryl methyl sites for hydroxylation is 2. The summed E-state index contributed by atoms with van der Waals surface area (Å²) >= 11 is 0. The summed E-state index contributed by atoms with van der Waals surface area (Å²) in [7, 11) is 0. The Morgan fingerprint density at radius 1 is 0.828 bits per heavy atom. The number of amides is 2. The van der Waals surface area contributed by atoms with Crippen molar-refractivity contribution in [3.8, 4) is 11.5 Å². The van der Waals surface area contributed by atoms with Crippen LogP contribution in [-0.4, -0.2) is 18.6 Å². The standard InChI is InChI=1S/C23H26N2O4/c1-14-3-9-19(15(2)11-14)25-23(27)17-6-4-16(5-7-17)22(26)24-18-8-10-20-21(12-18)29-13-28-20/h3,8-12,16-17H,4-7,13H2,1-2H3,(H,24,26)(H,25,27). The Morgan fingerprint density at radius 2 is 1.48 bits per heavy atom. The minimum atomic E-state index is -0.0782. The summed E-state index contributed by atoms with van der Waals surface area (Å²) < 4.78 is 10.6. The van der Waals surface area contributed by atoms with Gasteiger partial charge in [-0.2, -0.15) is 0 Å². The Kier molecular flexibility index (Phi) is 5.43. The summed E-state index contributed by atoms with van der Waals surface area (Å²) in [5, 5.41) is 6.01. The highest BCUT2D eigenvalue weighted by atomic mass is 16.7. The highest BCUT2D eigenvalue weighted by Gasteiger charge is 2.30. The van der Waals surface area contributed by atoms with Crippen molar-refractivity contribution in [1.82, 2.24) is 0 Å². The highest BCUT2D eigenvalue weighted by molar-refractivity contribution is 5.95. The number of fused-ring (bicyclic) bond motifs is 1. The van der Waals surface area contributed by atoms with Gasteiger partial charge < -0.3 is 20.1 Å². The van der Waals surface area contributed by atoms with Crippen molar-refractivity contribution >= 4 is 23.2 Å². The molecule has 2 aromatic carbocycles. The number of benzene rings is 2. The predicted molar refractivity (Wildman–Crippen MR) is 111 cm³/mol. The van der Waals surface area contributed by atoms with Crippen molar-refractivity contribution in [1.29, 1.82) is 0 Å². The first-order valence-electron chi connectivity index (χ1n) is 10.1. The van der Waals surface area contributed by atoms with E-state index in [2.05, 4.69) is 16.7 Å². The fourth-order valence-corrected chi connectivity index (χ4v) is 4.03. The minimum Gasteiger partial charge on any atom is -0.454 e. The fourth-order valence-electron chi connectivity index (χ4n) is 4.03. The molecule has 0 bridgehead atoms. The van der Waals surface area contributed by atoms with E-state index in [1.165, 1.54) is 5.56 Å². The molecule has 6 nitrogen and oxygen atoms in total. The molecule has 1 aliphatic heterocycles. The van der Waals surface area contributed by atoms with Gasteiger partial charge in [0.25, 0.3) is 0 Å². The number of hydrogen-bond donors (Lipinski definition) is 2. The second-order valence-corrected chi connectivity index (χ2v) is 7.91. The lowest BCUT2D eigenvalue weighted by Gasteiger charge is -2.27. The number of hydrogen-bond acceptors (Lipinski definition) is 4. The summed E-state index contributed by atoms with van der Waals surface area (Å²) in [6.07, 6.45) is 2.86. The minimum absolute atomic E-state index is 0.00268. The first kappa shape index (κ1) is 19.3. The van der Waals surface area contributed by atoms with Gasteiger partial charge in [-0.1, -0.05) is 17.7 Å². The van der Waals surface area contributed by atoms with Crippen LogP contribution in [0.4, 0.5) is 11.4 Å². The molecule has 2 aromatic rings. The van der Waals surface area contributed by atoms with Gasteiger partial charge in [0.1, 0.15) is 0 Å². The molecular formula is C23H26N2O4. The van der Waals surface area contributed by atoms with Crippen molar-refractivity contribution in [2.24, 2.45) is 11.8 Å². The van der Waals surface area contributed by atoms with E-state index in [9.17, 15) is 9.59 Å². The van der Waals surface area contributed by atoms with Crippen molar-refractivity contribution in [2.75, 3.05) is 17.4 Å². The zero-order valence-electron chi connectivity index (χ0n) is 16.8. The molecule has 152 valence electrons. The number of anilines is 2. The molecule has 1 aliphatic carbocycles. The number of rotatable bonds is 4. The second-order valence-electron chi connectivity index (χ2n) is 7.91. The third kappa shape index (κ3) is 4.36. The van der Waals surface area contributed by atoms with Gasteiger partial charge in [-0.05, 0) is 63.3 Å². The maximum Gasteiger partial charge on any atom is 0.231 e. The van der Waals surface area contributed by atoms with Crippen LogP contribution in [0.5, 0.6) is 11.5 Å². The van der Waals surface area contributed by atoms with E-state index in [-0.39, 0.29) is 30.4 Å².